The summed E-state index contributed by atoms with van der Waals surface area (Å²) in [7, 11) is -3.79. The van der Waals surface area contributed by atoms with E-state index in [1.165, 1.54) is 6.07 Å². The van der Waals surface area contributed by atoms with Crippen LogP contribution in [0, 0.1) is 0 Å². The van der Waals surface area contributed by atoms with Gasteiger partial charge in [-0.1, -0.05) is 18.5 Å². The van der Waals surface area contributed by atoms with E-state index in [-0.39, 0.29) is 10.8 Å². The maximum absolute atomic E-state index is 12.1. The highest BCUT2D eigenvalue weighted by atomic mass is 79.9. The van der Waals surface area contributed by atoms with Gasteiger partial charge in [0.15, 0.2) is 0 Å². The molecule has 96 valence electrons. The van der Waals surface area contributed by atoms with Crippen molar-refractivity contribution in [2.45, 2.75) is 11.1 Å². The van der Waals surface area contributed by atoms with Crippen molar-refractivity contribution in [2.24, 2.45) is 0 Å². The van der Waals surface area contributed by atoms with Crippen molar-refractivity contribution in [3.05, 3.63) is 14.9 Å². The van der Waals surface area contributed by atoms with Crippen molar-refractivity contribution < 1.29 is 18.3 Å². The predicted octanol–water partition coefficient (Wildman–Crippen LogP) is 2.26. The first-order valence-corrected chi connectivity index (χ1v) is 7.88. The third kappa shape index (κ3) is 3.41. The van der Waals surface area contributed by atoms with Crippen LogP contribution in [-0.2, 0) is 14.8 Å². The molecular formula is C8H9BrClNO4S2. The summed E-state index contributed by atoms with van der Waals surface area (Å²) in [4.78, 5) is 10.6. The smallest absolute Gasteiger partial charge is 0.318 e. The molecule has 9 heteroatoms. The van der Waals surface area contributed by atoms with E-state index in [0.717, 1.165) is 15.6 Å². The Bertz CT molecular complexity index is 508. The van der Waals surface area contributed by atoms with Gasteiger partial charge in [0.25, 0.3) is 10.0 Å². The quantitative estimate of drug-likeness (QED) is 0.872. The molecule has 0 aliphatic rings. The third-order valence-corrected chi connectivity index (χ3v) is 6.73. The molecule has 5 nitrogen and oxygen atoms in total. The number of sulfonamides is 1. The summed E-state index contributed by atoms with van der Waals surface area (Å²) in [6.07, 6.45) is 0. The molecule has 0 saturated heterocycles. The van der Waals surface area contributed by atoms with E-state index in [1.807, 2.05) is 0 Å². The fourth-order valence-electron chi connectivity index (χ4n) is 1.10. The maximum Gasteiger partial charge on any atom is 0.318 e. The van der Waals surface area contributed by atoms with E-state index in [4.69, 9.17) is 16.7 Å². The molecule has 1 N–H and O–H groups in total. The second kappa shape index (κ2) is 5.66. The van der Waals surface area contributed by atoms with Gasteiger partial charge in [0.1, 0.15) is 10.8 Å². The minimum atomic E-state index is -3.79. The first kappa shape index (κ1) is 14.9. The lowest BCUT2D eigenvalue weighted by Crippen LogP contribution is -2.35. The Balaban J connectivity index is 3.12. The number of thiophene rings is 1. The van der Waals surface area contributed by atoms with Crippen molar-refractivity contribution in [1.82, 2.24) is 4.31 Å². The summed E-state index contributed by atoms with van der Waals surface area (Å²) in [5.74, 6) is -1.20. The average molecular weight is 363 g/mol. The van der Waals surface area contributed by atoms with Crippen LogP contribution in [0.15, 0.2) is 14.1 Å². The lowest BCUT2D eigenvalue weighted by atomic mass is 10.6. The average Bonchev–Trinajstić information content (AvgIpc) is 2.56. The number of rotatable bonds is 5. The van der Waals surface area contributed by atoms with Gasteiger partial charge in [-0.25, -0.2) is 8.42 Å². The Morgan fingerprint density at radius 1 is 1.65 bits per heavy atom. The number of carboxylic acid groups (broad SMARTS) is 1. The Kier molecular flexibility index (Phi) is 4.96. The zero-order valence-corrected chi connectivity index (χ0v) is 12.7. The van der Waals surface area contributed by atoms with Crippen LogP contribution in [0.4, 0.5) is 0 Å². The van der Waals surface area contributed by atoms with Gasteiger partial charge in [0.2, 0.25) is 0 Å². The van der Waals surface area contributed by atoms with E-state index in [0.29, 0.717) is 8.81 Å². The molecule has 0 unspecified atom stereocenters. The first-order valence-electron chi connectivity index (χ1n) is 4.45. The van der Waals surface area contributed by atoms with Crippen molar-refractivity contribution in [3.63, 3.8) is 0 Å². The minimum Gasteiger partial charge on any atom is -0.480 e. The van der Waals surface area contributed by atoms with E-state index < -0.39 is 22.5 Å². The van der Waals surface area contributed by atoms with Crippen LogP contribution in [0.25, 0.3) is 0 Å². The summed E-state index contributed by atoms with van der Waals surface area (Å²) in [6.45, 7) is 1.10. The number of hydrogen-bond donors (Lipinski definition) is 1. The molecule has 0 aliphatic carbocycles. The summed E-state index contributed by atoms with van der Waals surface area (Å²) in [5.41, 5.74) is 0. The van der Waals surface area contributed by atoms with Crippen molar-refractivity contribution >= 4 is 54.9 Å². The van der Waals surface area contributed by atoms with Gasteiger partial charge in [-0.2, -0.15) is 4.31 Å². The largest absolute Gasteiger partial charge is 0.480 e. The van der Waals surface area contributed by atoms with Crippen LogP contribution in [0.2, 0.25) is 5.02 Å². The molecule has 1 aromatic rings. The van der Waals surface area contributed by atoms with Crippen LogP contribution < -0.4 is 0 Å². The number of carbonyl (C=O) groups is 1. The van der Waals surface area contributed by atoms with Gasteiger partial charge < -0.3 is 5.11 Å². The van der Waals surface area contributed by atoms with Crippen molar-refractivity contribution in [2.75, 3.05) is 13.1 Å². The fourth-order valence-corrected chi connectivity index (χ4v) is 5.05. The van der Waals surface area contributed by atoms with Crippen LogP contribution in [0.1, 0.15) is 6.92 Å². The van der Waals surface area contributed by atoms with Gasteiger partial charge in [-0.3, -0.25) is 4.79 Å². The van der Waals surface area contributed by atoms with Crippen molar-refractivity contribution in [1.29, 1.82) is 0 Å². The van der Waals surface area contributed by atoms with Crippen LogP contribution in [-0.4, -0.2) is 36.9 Å². The second-order valence-electron chi connectivity index (χ2n) is 3.01. The number of aliphatic carboxylic acids is 1. The third-order valence-electron chi connectivity index (χ3n) is 1.88. The van der Waals surface area contributed by atoms with E-state index >= 15 is 0 Å². The monoisotopic (exact) mass is 361 g/mol. The Morgan fingerprint density at radius 3 is 2.59 bits per heavy atom. The number of likely N-dealkylation sites (N-methyl/N-ethyl adjacent to an activating group) is 1. The standard InChI is InChI=1S/C8H9BrClNO4S2/c1-2-11(4-6(12)13)17(14,15)7-3-5(10)8(9)16-7/h3H,2,4H2,1H3,(H,12,13). The van der Waals surface area contributed by atoms with Gasteiger partial charge in [-0.15, -0.1) is 11.3 Å². The molecule has 0 atom stereocenters. The zero-order valence-electron chi connectivity index (χ0n) is 8.68. The van der Waals surface area contributed by atoms with Crippen molar-refractivity contribution in [3.8, 4) is 0 Å². The molecule has 1 heterocycles. The summed E-state index contributed by atoms with van der Waals surface area (Å²) in [6, 6.07) is 1.30. The fraction of sp³-hybridized carbons (Fsp3) is 0.375. The van der Waals surface area contributed by atoms with E-state index in [1.54, 1.807) is 6.92 Å². The number of nitrogens with zero attached hydrogens (tertiary/aromatic N) is 1. The Labute approximate surface area is 116 Å². The molecule has 17 heavy (non-hydrogen) atoms. The topological polar surface area (TPSA) is 74.7 Å². The highest BCUT2D eigenvalue weighted by Crippen LogP contribution is 2.35. The second-order valence-corrected chi connectivity index (χ2v) is 7.95. The lowest BCUT2D eigenvalue weighted by Gasteiger charge is -2.16. The molecule has 0 saturated carbocycles. The molecule has 1 aromatic heterocycles. The van der Waals surface area contributed by atoms with Crippen LogP contribution >= 0.6 is 38.9 Å². The predicted molar refractivity (Wildman–Crippen MR) is 69.1 cm³/mol. The van der Waals surface area contributed by atoms with Gasteiger partial charge >= 0.3 is 5.97 Å². The molecule has 0 radical (unpaired) electrons. The highest BCUT2D eigenvalue weighted by molar-refractivity contribution is 9.11. The molecule has 1 rings (SSSR count). The molecule has 0 aliphatic heterocycles. The van der Waals surface area contributed by atoms with Crippen LogP contribution in [0.5, 0.6) is 0 Å². The number of carboxylic acids is 1. The highest BCUT2D eigenvalue weighted by Gasteiger charge is 2.27. The Hall–Kier alpha value is -0.150. The van der Waals surface area contributed by atoms with Gasteiger partial charge in [0.05, 0.1) is 8.81 Å². The normalized spacial score (nSPS) is 12.0. The molecule has 0 spiro atoms. The van der Waals surface area contributed by atoms with Gasteiger partial charge in [0, 0.05) is 6.54 Å². The SMILES string of the molecule is CCN(CC(=O)O)S(=O)(=O)c1cc(Cl)c(Br)s1. The lowest BCUT2D eigenvalue weighted by molar-refractivity contribution is -0.137. The molecule has 0 bridgehead atoms. The van der Waals surface area contributed by atoms with Gasteiger partial charge in [-0.05, 0) is 22.0 Å². The molecule has 0 aromatic carbocycles. The molecule has 0 fully saturated rings. The Morgan fingerprint density at radius 2 is 2.24 bits per heavy atom. The molecular weight excluding hydrogens is 354 g/mol. The van der Waals surface area contributed by atoms with E-state index in [9.17, 15) is 13.2 Å². The van der Waals surface area contributed by atoms with E-state index in [2.05, 4.69) is 15.9 Å². The minimum absolute atomic E-state index is 0.0254. The zero-order chi connectivity index (χ0) is 13.2. The summed E-state index contributed by atoms with van der Waals surface area (Å²) >= 11 is 9.83. The van der Waals surface area contributed by atoms with Crippen LogP contribution in [0.3, 0.4) is 0 Å². The molecule has 0 amide bonds. The maximum atomic E-state index is 12.1. The summed E-state index contributed by atoms with van der Waals surface area (Å²) < 4.78 is 25.5. The first-order chi connectivity index (χ1) is 7.78. The number of hydrogen-bond acceptors (Lipinski definition) is 4. The summed E-state index contributed by atoms with van der Waals surface area (Å²) in [5, 5.41) is 8.94. The number of halogens is 2.